The number of hydrogen-bond donors (Lipinski definition) is 3. The fraction of sp³-hybridized carbons (Fsp3) is 0.233. The Morgan fingerprint density at radius 3 is 2.61 bits per heavy atom. The van der Waals surface area contributed by atoms with E-state index in [9.17, 15) is 9.59 Å². The van der Waals surface area contributed by atoms with Gasteiger partial charge in [0.25, 0.3) is 5.91 Å². The molecule has 2 amide bonds. The number of H-pyrrole nitrogens is 1. The maximum atomic E-state index is 13.4. The molecule has 0 spiro atoms. The molecule has 5 aromatic rings. The number of carbonyl (C=O) groups excluding carboxylic acids is 2. The number of para-hydroxylation sites is 1. The SMILES string of the molecule is CNC(=O)CCCCCC(NC(=O)c1cccc2nccnc12)c1ncc(-c2ccc3ccccc3c2)[nH]1. The summed E-state index contributed by atoms with van der Waals surface area (Å²) < 4.78 is 0. The molecule has 2 heterocycles. The van der Waals surface area contributed by atoms with Crippen LogP contribution in [0.25, 0.3) is 33.1 Å². The molecule has 5 rings (SSSR count). The lowest BCUT2D eigenvalue weighted by Crippen LogP contribution is -2.29. The van der Waals surface area contributed by atoms with Crippen LogP contribution in [-0.2, 0) is 4.79 Å². The molecular weight excluding hydrogens is 476 g/mol. The second-order valence-electron chi connectivity index (χ2n) is 9.27. The fourth-order valence-electron chi connectivity index (χ4n) is 4.64. The highest BCUT2D eigenvalue weighted by atomic mass is 16.2. The van der Waals surface area contributed by atoms with Gasteiger partial charge in [-0.15, -0.1) is 0 Å². The number of nitrogens with zero attached hydrogens (tertiary/aromatic N) is 3. The number of aromatic nitrogens is 4. The van der Waals surface area contributed by atoms with Gasteiger partial charge in [0.1, 0.15) is 11.3 Å². The Kier molecular flexibility index (Phi) is 7.68. The average Bonchev–Trinajstić information content (AvgIpc) is 3.46. The number of amides is 2. The van der Waals surface area contributed by atoms with Crippen molar-refractivity contribution in [2.24, 2.45) is 0 Å². The Morgan fingerprint density at radius 1 is 0.895 bits per heavy atom. The normalized spacial score (nSPS) is 11.9. The van der Waals surface area contributed by atoms with E-state index in [-0.39, 0.29) is 17.9 Å². The Bertz CT molecular complexity index is 1570. The van der Waals surface area contributed by atoms with Gasteiger partial charge in [-0.05, 0) is 41.8 Å². The van der Waals surface area contributed by atoms with Gasteiger partial charge in [0, 0.05) is 31.4 Å². The van der Waals surface area contributed by atoms with E-state index in [1.165, 1.54) is 5.39 Å². The standard InChI is InChI=1S/C30H30N6O2/c1-31-27(37)13-4-2-3-11-25(36-30(38)23-10-7-12-24-28(23)33-17-16-32-24)29-34-19-26(35-29)22-15-14-20-8-5-6-9-21(20)18-22/h5-10,12,14-19,25H,2-4,11,13H2,1H3,(H,31,37)(H,34,35)(H,36,38). The molecule has 3 N–H and O–H groups in total. The third-order valence-electron chi connectivity index (χ3n) is 6.71. The maximum Gasteiger partial charge on any atom is 0.254 e. The summed E-state index contributed by atoms with van der Waals surface area (Å²) in [6.45, 7) is 0. The molecule has 192 valence electrons. The van der Waals surface area contributed by atoms with Gasteiger partial charge < -0.3 is 15.6 Å². The first-order chi connectivity index (χ1) is 18.6. The summed E-state index contributed by atoms with van der Waals surface area (Å²) in [6.07, 6.45) is 8.69. The van der Waals surface area contributed by atoms with Crippen LogP contribution in [0, 0.1) is 0 Å². The fourth-order valence-corrected chi connectivity index (χ4v) is 4.64. The lowest BCUT2D eigenvalue weighted by molar-refractivity contribution is -0.120. The van der Waals surface area contributed by atoms with Crippen LogP contribution in [0.4, 0.5) is 0 Å². The summed E-state index contributed by atoms with van der Waals surface area (Å²) >= 11 is 0. The van der Waals surface area contributed by atoms with Crippen LogP contribution in [0.15, 0.2) is 79.3 Å². The second-order valence-corrected chi connectivity index (χ2v) is 9.27. The van der Waals surface area contributed by atoms with Crippen molar-refractivity contribution >= 4 is 33.6 Å². The van der Waals surface area contributed by atoms with Crippen molar-refractivity contribution in [2.45, 2.75) is 38.1 Å². The number of carbonyl (C=O) groups is 2. The molecule has 0 fully saturated rings. The molecular formula is C30H30N6O2. The predicted octanol–water partition coefficient (Wildman–Crippen LogP) is 5.34. The van der Waals surface area contributed by atoms with Crippen LogP contribution < -0.4 is 10.6 Å². The first kappa shape index (κ1) is 25.1. The Balaban J connectivity index is 1.37. The Labute approximate surface area is 220 Å². The quantitative estimate of drug-likeness (QED) is 0.221. The van der Waals surface area contributed by atoms with Crippen LogP contribution in [-0.4, -0.2) is 38.8 Å². The second kappa shape index (κ2) is 11.6. The highest BCUT2D eigenvalue weighted by molar-refractivity contribution is 6.04. The number of unbranched alkanes of at least 4 members (excludes halogenated alkanes) is 2. The number of benzene rings is 3. The van der Waals surface area contributed by atoms with Gasteiger partial charge >= 0.3 is 0 Å². The van der Waals surface area contributed by atoms with Crippen LogP contribution in [0.2, 0.25) is 0 Å². The number of nitrogens with one attached hydrogen (secondary N) is 3. The number of hydrogen-bond acceptors (Lipinski definition) is 5. The molecule has 0 aliphatic rings. The van der Waals surface area contributed by atoms with Crippen molar-refractivity contribution in [3.63, 3.8) is 0 Å². The lowest BCUT2D eigenvalue weighted by atomic mass is 10.0. The van der Waals surface area contributed by atoms with Crippen molar-refractivity contribution in [1.82, 2.24) is 30.6 Å². The highest BCUT2D eigenvalue weighted by Gasteiger charge is 2.21. The first-order valence-electron chi connectivity index (χ1n) is 12.9. The minimum absolute atomic E-state index is 0.0398. The molecule has 0 bridgehead atoms. The summed E-state index contributed by atoms with van der Waals surface area (Å²) in [5.74, 6) is 0.507. The van der Waals surface area contributed by atoms with Gasteiger partial charge in [0.2, 0.25) is 5.91 Å². The molecule has 1 unspecified atom stereocenters. The molecule has 0 aliphatic carbocycles. The van der Waals surface area contributed by atoms with E-state index in [1.807, 2.05) is 30.5 Å². The summed E-state index contributed by atoms with van der Waals surface area (Å²) in [6, 6.07) is 19.6. The van der Waals surface area contributed by atoms with Crippen molar-refractivity contribution in [3.05, 3.63) is 90.6 Å². The Hall–Kier alpha value is -4.59. The third-order valence-corrected chi connectivity index (χ3v) is 6.71. The molecule has 1 atom stereocenters. The number of aromatic amines is 1. The van der Waals surface area contributed by atoms with E-state index in [0.717, 1.165) is 35.9 Å². The van der Waals surface area contributed by atoms with Gasteiger partial charge in [-0.3, -0.25) is 19.6 Å². The van der Waals surface area contributed by atoms with E-state index in [4.69, 9.17) is 0 Å². The highest BCUT2D eigenvalue weighted by Crippen LogP contribution is 2.26. The molecule has 3 aromatic carbocycles. The zero-order chi connectivity index (χ0) is 26.3. The number of fused-ring (bicyclic) bond motifs is 2. The van der Waals surface area contributed by atoms with Crippen LogP contribution in [0.1, 0.15) is 54.3 Å². The maximum absolute atomic E-state index is 13.4. The van der Waals surface area contributed by atoms with E-state index in [2.05, 4.69) is 60.9 Å². The zero-order valence-corrected chi connectivity index (χ0v) is 21.3. The van der Waals surface area contributed by atoms with Gasteiger partial charge in [-0.25, -0.2) is 4.98 Å². The summed E-state index contributed by atoms with van der Waals surface area (Å²) in [5.41, 5.74) is 3.63. The van der Waals surface area contributed by atoms with E-state index in [0.29, 0.717) is 35.3 Å². The van der Waals surface area contributed by atoms with Gasteiger partial charge in [0.15, 0.2) is 0 Å². The molecule has 2 aromatic heterocycles. The van der Waals surface area contributed by atoms with Crippen molar-refractivity contribution < 1.29 is 9.59 Å². The van der Waals surface area contributed by atoms with Crippen LogP contribution in [0.5, 0.6) is 0 Å². The molecule has 38 heavy (non-hydrogen) atoms. The smallest absolute Gasteiger partial charge is 0.254 e. The topological polar surface area (TPSA) is 113 Å². The van der Waals surface area contributed by atoms with Gasteiger partial charge in [-0.2, -0.15) is 0 Å². The summed E-state index contributed by atoms with van der Waals surface area (Å²) in [7, 11) is 1.65. The molecule has 8 nitrogen and oxygen atoms in total. The first-order valence-corrected chi connectivity index (χ1v) is 12.9. The number of rotatable bonds is 10. The van der Waals surface area contributed by atoms with Gasteiger partial charge in [0.05, 0.1) is 29.0 Å². The van der Waals surface area contributed by atoms with Crippen molar-refractivity contribution in [3.8, 4) is 11.3 Å². The number of imidazole rings is 1. The molecule has 0 saturated carbocycles. The largest absolute Gasteiger partial charge is 0.359 e. The minimum atomic E-state index is -0.330. The van der Waals surface area contributed by atoms with Crippen LogP contribution >= 0.6 is 0 Å². The van der Waals surface area contributed by atoms with Crippen LogP contribution in [0.3, 0.4) is 0 Å². The van der Waals surface area contributed by atoms with Gasteiger partial charge in [-0.1, -0.05) is 55.3 Å². The molecule has 0 aliphatic heterocycles. The molecule has 8 heteroatoms. The van der Waals surface area contributed by atoms with E-state index < -0.39 is 0 Å². The average molecular weight is 507 g/mol. The van der Waals surface area contributed by atoms with Crippen molar-refractivity contribution in [2.75, 3.05) is 7.05 Å². The van der Waals surface area contributed by atoms with E-state index in [1.54, 1.807) is 25.5 Å². The van der Waals surface area contributed by atoms with Crippen molar-refractivity contribution in [1.29, 1.82) is 0 Å². The Morgan fingerprint density at radius 2 is 1.74 bits per heavy atom. The predicted molar refractivity (Wildman–Crippen MR) is 148 cm³/mol. The zero-order valence-electron chi connectivity index (χ0n) is 21.3. The minimum Gasteiger partial charge on any atom is -0.359 e. The third kappa shape index (κ3) is 5.70. The monoisotopic (exact) mass is 506 g/mol. The molecule has 0 radical (unpaired) electrons. The summed E-state index contributed by atoms with van der Waals surface area (Å²) in [4.78, 5) is 41.8. The summed E-state index contributed by atoms with van der Waals surface area (Å²) in [5, 5.41) is 8.15. The van der Waals surface area contributed by atoms with E-state index >= 15 is 0 Å². The molecule has 0 saturated heterocycles. The lowest BCUT2D eigenvalue weighted by Gasteiger charge is -2.17.